The van der Waals surface area contributed by atoms with Gasteiger partial charge in [0.25, 0.3) is 0 Å². The van der Waals surface area contributed by atoms with E-state index in [0.29, 0.717) is 10.6 Å². The zero-order valence-electron chi connectivity index (χ0n) is 21.0. The van der Waals surface area contributed by atoms with Crippen LogP contribution in [-0.2, 0) is 0 Å². The van der Waals surface area contributed by atoms with Gasteiger partial charge in [0.2, 0.25) is 5.28 Å². The molecule has 0 amide bonds. The molecule has 196 valence electrons. The van der Waals surface area contributed by atoms with Crippen molar-refractivity contribution in [2.45, 2.75) is 0 Å². The van der Waals surface area contributed by atoms with Crippen LogP contribution in [0.5, 0.6) is 5.75 Å². The highest BCUT2D eigenvalue weighted by Gasteiger charge is 2.11. The molecule has 0 radical (unpaired) electrons. The number of hydrazine groups is 1. The average molecular weight is 543 g/mol. The summed E-state index contributed by atoms with van der Waals surface area (Å²) in [5.74, 6) is 0.545. The molecule has 0 aliphatic carbocycles. The van der Waals surface area contributed by atoms with Gasteiger partial charge in [0.1, 0.15) is 0 Å². The third-order valence-corrected chi connectivity index (χ3v) is 5.90. The molecule has 0 saturated heterocycles. The van der Waals surface area contributed by atoms with E-state index in [-0.39, 0.29) is 0 Å². The number of nitrogens with one attached hydrogen (secondary N) is 1. The van der Waals surface area contributed by atoms with Crippen LogP contribution in [0.4, 0.5) is 0 Å². The second kappa shape index (κ2) is 12.4. The summed E-state index contributed by atoms with van der Waals surface area (Å²) in [4.78, 5) is 23.8. The summed E-state index contributed by atoms with van der Waals surface area (Å²) in [6.07, 6.45) is 0. The Kier molecular flexibility index (Phi) is 8.60. The maximum atomic E-state index is 10.9. The fourth-order valence-corrected chi connectivity index (χ4v) is 4.11. The van der Waals surface area contributed by atoms with Crippen LogP contribution in [0, 0.1) is 15.3 Å². The number of aromatic nitrogens is 2. The minimum absolute atomic E-state index is 0.379. The number of para-hydroxylation sites is 4. The number of hydroxylamine groups is 1. The van der Waals surface area contributed by atoms with Crippen molar-refractivity contribution in [2.24, 2.45) is 5.28 Å². The van der Waals surface area contributed by atoms with Crippen LogP contribution >= 0.6 is 11.6 Å². The molecule has 6 aromatic rings. The maximum absolute atomic E-state index is 10.9. The number of hydrogen-bond donors (Lipinski definition) is 1. The summed E-state index contributed by atoms with van der Waals surface area (Å²) in [6.45, 7) is 0. The summed E-state index contributed by atoms with van der Waals surface area (Å²) in [5, 5.41) is 27.2. The molecule has 0 bridgehead atoms. The van der Waals surface area contributed by atoms with Crippen LogP contribution in [0.3, 0.4) is 0 Å². The van der Waals surface area contributed by atoms with Gasteiger partial charge in [0, 0.05) is 21.5 Å². The number of nitro groups is 1. The molecule has 1 N–H and O–H groups in total. The highest BCUT2D eigenvalue weighted by atomic mass is 35.5. The second-order valence-corrected chi connectivity index (χ2v) is 8.43. The molecule has 0 aliphatic heterocycles. The van der Waals surface area contributed by atoms with Crippen molar-refractivity contribution < 1.29 is 14.7 Å². The predicted octanol–water partition coefficient (Wildman–Crippen LogP) is 6.71. The van der Waals surface area contributed by atoms with Crippen LogP contribution in [0.2, 0.25) is 5.02 Å². The SMILES string of the molecule is CN[N+](=O)[O-].C[N+]([O-])=NOc1c2ccccc2nc2ccccc12.Clc1c2ccccc2nc2ccccc12. The maximum Gasteiger partial charge on any atom is 0.205 e. The van der Waals surface area contributed by atoms with Gasteiger partial charge in [-0.2, -0.15) is 0 Å². The molecular weight excluding hydrogens is 520 g/mol. The molecule has 39 heavy (non-hydrogen) atoms. The summed E-state index contributed by atoms with van der Waals surface area (Å²) in [5.41, 5.74) is 5.25. The van der Waals surface area contributed by atoms with E-state index in [1.807, 2.05) is 97.1 Å². The molecule has 6 rings (SSSR count). The molecule has 0 atom stereocenters. The second-order valence-electron chi connectivity index (χ2n) is 8.05. The number of hydrogen-bond acceptors (Lipinski definition) is 7. The van der Waals surface area contributed by atoms with Gasteiger partial charge in [-0.1, -0.05) is 77.1 Å². The van der Waals surface area contributed by atoms with Crippen molar-refractivity contribution in [3.8, 4) is 5.75 Å². The highest BCUT2D eigenvalue weighted by Crippen LogP contribution is 2.33. The first-order chi connectivity index (χ1) is 18.9. The van der Waals surface area contributed by atoms with E-state index in [9.17, 15) is 5.21 Å². The summed E-state index contributed by atoms with van der Waals surface area (Å²) < 4.78 is 0. The van der Waals surface area contributed by atoms with Gasteiger partial charge in [-0.3, -0.25) is 0 Å². The number of rotatable bonds is 3. The van der Waals surface area contributed by atoms with Crippen LogP contribution < -0.4 is 10.3 Å². The molecule has 2 aromatic heterocycles. The Balaban J connectivity index is 0.000000158. The minimum atomic E-state index is -0.625. The zero-order chi connectivity index (χ0) is 27.8. The Labute approximate surface area is 227 Å². The standard InChI is InChI=1S/C14H11N3O2.C13H8ClN.CH4N2O2/c1-17(18)16-19-14-10-6-2-4-8-12(10)15-13-9-5-3-7-11(13)14;14-13-9-5-1-3-7-11(9)15-12-8-4-2-6-10(12)13;1-2-3(4)5/h2-9H,1H3;1-8H;2H,1H3. The summed E-state index contributed by atoms with van der Waals surface area (Å²) >= 11 is 6.33. The van der Waals surface area contributed by atoms with Crippen LogP contribution in [0.25, 0.3) is 43.6 Å². The van der Waals surface area contributed by atoms with Gasteiger partial charge in [-0.05, 0) is 36.4 Å². The lowest BCUT2D eigenvalue weighted by Crippen LogP contribution is -2.13. The van der Waals surface area contributed by atoms with Crippen molar-refractivity contribution in [3.05, 3.63) is 117 Å². The van der Waals surface area contributed by atoms with E-state index in [1.54, 1.807) is 5.43 Å². The Hall–Kier alpha value is -5.09. The summed E-state index contributed by atoms with van der Waals surface area (Å²) in [7, 11) is 2.52. The van der Waals surface area contributed by atoms with E-state index in [1.165, 1.54) is 14.1 Å². The number of halogens is 1. The van der Waals surface area contributed by atoms with E-state index in [2.05, 4.69) is 15.2 Å². The number of benzene rings is 4. The Morgan fingerprint density at radius 1 is 0.718 bits per heavy atom. The molecule has 0 spiro atoms. The third-order valence-electron chi connectivity index (χ3n) is 5.49. The zero-order valence-corrected chi connectivity index (χ0v) is 21.7. The first-order valence-corrected chi connectivity index (χ1v) is 12.1. The number of fused-ring (bicyclic) bond motifs is 4. The van der Waals surface area contributed by atoms with Crippen molar-refractivity contribution >= 4 is 55.2 Å². The Bertz CT molecular complexity index is 1700. The average Bonchev–Trinajstić information content (AvgIpc) is 2.96. The van der Waals surface area contributed by atoms with Crippen LogP contribution in [0.15, 0.2) is 102 Å². The molecule has 0 saturated carbocycles. The molecule has 0 fully saturated rings. The van der Waals surface area contributed by atoms with Gasteiger partial charge in [0.15, 0.2) is 17.8 Å². The number of pyridine rings is 2. The van der Waals surface area contributed by atoms with Crippen molar-refractivity contribution in [2.75, 3.05) is 14.1 Å². The Morgan fingerprint density at radius 3 is 1.41 bits per heavy atom. The fraction of sp³-hybridized carbons (Fsp3) is 0.0714. The lowest BCUT2D eigenvalue weighted by molar-refractivity contribution is -0.538. The quantitative estimate of drug-likeness (QED) is 0.0864. The van der Waals surface area contributed by atoms with E-state index in [4.69, 9.17) is 26.6 Å². The molecule has 10 nitrogen and oxygen atoms in total. The smallest absolute Gasteiger partial charge is 0.205 e. The normalized spacial score (nSPS) is 10.9. The Morgan fingerprint density at radius 2 is 1.05 bits per heavy atom. The van der Waals surface area contributed by atoms with E-state index in [0.717, 1.165) is 48.6 Å². The lowest BCUT2D eigenvalue weighted by atomic mass is 10.1. The van der Waals surface area contributed by atoms with Gasteiger partial charge in [-0.25, -0.2) is 20.1 Å². The van der Waals surface area contributed by atoms with Crippen molar-refractivity contribution in [3.63, 3.8) is 0 Å². The van der Waals surface area contributed by atoms with Gasteiger partial charge in [0.05, 0.1) is 34.1 Å². The molecule has 11 heteroatoms. The molecule has 2 heterocycles. The lowest BCUT2D eigenvalue weighted by Gasteiger charge is -2.06. The van der Waals surface area contributed by atoms with E-state index >= 15 is 0 Å². The van der Waals surface area contributed by atoms with Crippen molar-refractivity contribution in [1.82, 2.24) is 15.4 Å². The summed E-state index contributed by atoms with van der Waals surface area (Å²) in [6, 6.07) is 31.0. The third kappa shape index (κ3) is 6.43. The first-order valence-electron chi connectivity index (χ1n) is 11.7. The van der Waals surface area contributed by atoms with Crippen LogP contribution in [-0.4, -0.2) is 34.0 Å². The predicted molar refractivity (Wildman–Crippen MR) is 152 cm³/mol. The minimum Gasteiger partial charge on any atom is -0.598 e. The van der Waals surface area contributed by atoms with Crippen LogP contribution in [0.1, 0.15) is 0 Å². The van der Waals surface area contributed by atoms with Gasteiger partial charge >= 0.3 is 0 Å². The molecule has 0 aliphatic rings. The van der Waals surface area contributed by atoms with Gasteiger partial charge in [-0.15, -0.1) is 5.43 Å². The first kappa shape index (κ1) is 27.0. The topological polar surface area (TPSA) is 129 Å². The molecular formula is C28H23ClN6O4. The van der Waals surface area contributed by atoms with Gasteiger partial charge < -0.3 is 10.0 Å². The largest absolute Gasteiger partial charge is 0.598 e. The van der Waals surface area contributed by atoms with E-state index < -0.39 is 5.03 Å². The fourth-order valence-electron chi connectivity index (χ4n) is 3.79. The molecule has 4 aromatic carbocycles. The highest BCUT2D eigenvalue weighted by molar-refractivity contribution is 6.40. The molecule has 0 unspecified atom stereocenters. The number of nitrogens with zero attached hydrogens (tertiary/aromatic N) is 5. The monoisotopic (exact) mass is 542 g/mol. The van der Waals surface area contributed by atoms with Crippen molar-refractivity contribution in [1.29, 1.82) is 0 Å².